The van der Waals surface area contributed by atoms with E-state index in [1.807, 2.05) is 13.0 Å². The zero-order valence-corrected chi connectivity index (χ0v) is 16.9. The summed E-state index contributed by atoms with van der Waals surface area (Å²) in [5.41, 5.74) is 6.92. The number of nitrogens with zero attached hydrogens (tertiary/aromatic N) is 1. The van der Waals surface area contributed by atoms with Gasteiger partial charge in [0.05, 0.1) is 10.6 Å². The standard InChI is InChI=1S/C19H25N3O3S.ClH/c1-16-8-10-18(11-9-16)26(24,25)22(17-6-3-2-4-7-17)15-12-19(23)21-14-5-13-20;/h2-4,6-11H,5,12-15,20H2,1H3,(H,21,23);1H. The Balaban J connectivity index is 0.00000364. The largest absolute Gasteiger partial charge is 0.356 e. The Morgan fingerprint density at radius 3 is 2.30 bits per heavy atom. The number of halogens is 1. The summed E-state index contributed by atoms with van der Waals surface area (Å²) in [4.78, 5) is 12.2. The van der Waals surface area contributed by atoms with Crippen LogP contribution in [0.4, 0.5) is 5.69 Å². The molecule has 2 aromatic carbocycles. The average molecular weight is 412 g/mol. The van der Waals surface area contributed by atoms with Crippen LogP contribution in [0.5, 0.6) is 0 Å². The quantitative estimate of drug-likeness (QED) is 0.620. The molecule has 0 aromatic heterocycles. The minimum atomic E-state index is -3.76. The topological polar surface area (TPSA) is 92.5 Å². The van der Waals surface area contributed by atoms with E-state index in [0.717, 1.165) is 5.56 Å². The average Bonchev–Trinajstić information content (AvgIpc) is 2.63. The Hall–Kier alpha value is -2.09. The van der Waals surface area contributed by atoms with Crippen LogP contribution in [0.2, 0.25) is 0 Å². The fraction of sp³-hybridized carbons (Fsp3) is 0.316. The van der Waals surface area contributed by atoms with Gasteiger partial charge in [0.25, 0.3) is 10.0 Å². The van der Waals surface area contributed by atoms with Crippen LogP contribution < -0.4 is 15.4 Å². The van der Waals surface area contributed by atoms with Crippen LogP contribution in [0.15, 0.2) is 59.5 Å². The number of carbonyl (C=O) groups is 1. The lowest BCUT2D eigenvalue weighted by molar-refractivity contribution is -0.120. The van der Waals surface area contributed by atoms with Gasteiger partial charge in [0.2, 0.25) is 5.91 Å². The van der Waals surface area contributed by atoms with Gasteiger partial charge < -0.3 is 11.1 Å². The van der Waals surface area contributed by atoms with E-state index in [0.29, 0.717) is 25.2 Å². The number of aryl methyl sites for hydroxylation is 1. The number of carbonyl (C=O) groups excluding carboxylic acids is 1. The molecule has 0 saturated carbocycles. The second-order valence-corrected chi connectivity index (χ2v) is 7.83. The van der Waals surface area contributed by atoms with Crippen molar-refractivity contribution in [3.63, 3.8) is 0 Å². The molecule has 0 atom stereocenters. The smallest absolute Gasteiger partial charge is 0.264 e. The minimum absolute atomic E-state index is 0. The summed E-state index contributed by atoms with van der Waals surface area (Å²) in [7, 11) is -3.76. The Bertz CT molecular complexity index is 812. The first-order valence-corrected chi connectivity index (χ1v) is 10.0. The van der Waals surface area contributed by atoms with Gasteiger partial charge in [0.15, 0.2) is 0 Å². The highest BCUT2D eigenvalue weighted by Crippen LogP contribution is 2.24. The first-order chi connectivity index (χ1) is 12.4. The monoisotopic (exact) mass is 411 g/mol. The highest BCUT2D eigenvalue weighted by Gasteiger charge is 2.25. The normalized spacial score (nSPS) is 10.7. The molecule has 148 valence electrons. The molecule has 0 aliphatic heterocycles. The number of anilines is 1. The van der Waals surface area contributed by atoms with E-state index in [9.17, 15) is 13.2 Å². The molecule has 0 spiro atoms. The lowest BCUT2D eigenvalue weighted by atomic mass is 10.2. The van der Waals surface area contributed by atoms with E-state index in [2.05, 4.69) is 5.32 Å². The van der Waals surface area contributed by atoms with Gasteiger partial charge in [-0.15, -0.1) is 12.4 Å². The summed E-state index contributed by atoms with van der Waals surface area (Å²) in [6.45, 7) is 2.95. The number of benzene rings is 2. The Morgan fingerprint density at radius 2 is 1.70 bits per heavy atom. The number of rotatable bonds is 9. The van der Waals surface area contributed by atoms with Crippen molar-refractivity contribution in [2.45, 2.75) is 24.7 Å². The molecule has 0 aliphatic carbocycles. The maximum atomic E-state index is 13.1. The van der Waals surface area contributed by atoms with Crippen molar-refractivity contribution in [3.05, 3.63) is 60.2 Å². The fourth-order valence-corrected chi connectivity index (χ4v) is 3.91. The van der Waals surface area contributed by atoms with Crippen molar-refractivity contribution in [1.29, 1.82) is 0 Å². The maximum absolute atomic E-state index is 13.1. The summed E-state index contributed by atoms with van der Waals surface area (Å²) >= 11 is 0. The van der Waals surface area contributed by atoms with E-state index < -0.39 is 10.0 Å². The van der Waals surface area contributed by atoms with Crippen LogP contribution in [-0.2, 0) is 14.8 Å². The highest BCUT2D eigenvalue weighted by molar-refractivity contribution is 7.92. The number of nitrogens with two attached hydrogens (primary N) is 1. The van der Waals surface area contributed by atoms with E-state index in [1.54, 1.807) is 48.5 Å². The predicted octanol–water partition coefficient (Wildman–Crippen LogP) is 2.47. The highest BCUT2D eigenvalue weighted by atomic mass is 35.5. The maximum Gasteiger partial charge on any atom is 0.264 e. The van der Waals surface area contributed by atoms with Gasteiger partial charge in [0.1, 0.15) is 0 Å². The number of sulfonamides is 1. The summed E-state index contributed by atoms with van der Waals surface area (Å²) in [5.74, 6) is -0.196. The van der Waals surface area contributed by atoms with Crippen molar-refractivity contribution in [2.24, 2.45) is 5.73 Å². The minimum Gasteiger partial charge on any atom is -0.356 e. The number of amides is 1. The molecule has 27 heavy (non-hydrogen) atoms. The van der Waals surface area contributed by atoms with E-state index in [4.69, 9.17) is 5.73 Å². The van der Waals surface area contributed by atoms with Gasteiger partial charge in [-0.1, -0.05) is 35.9 Å². The molecule has 1 amide bonds. The lowest BCUT2D eigenvalue weighted by Crippen LogP contribution is -2.35. The van der Waals surface area contributed by atoms with Crippen molar-refractivity contribution >= 4 is 34.0 Å². The molecule has 0 heterocycles. The second kappa shape index (κ2) is 10.9. The third kappa shape index (κ3) is 6.53. The zero-order valence-electron chi connectivity index (χ0n) is 15.3. The van der Waals surface area contributed by atoms with Gasteiger partial charge in [0, 0.05) is 19.5 Å². The van der Waals surface area contributed by atoms with Gasteiger partial charge in [-0.05, 0) is 44.2 Å². The molecule has 0 radical (unpaired) electrons. The summed E-state index contributed by atoms with van der Waals surface area (Å²) in [5, 5.41) is 2.75. The molecule has 3 N–H and O–H groups in total. The molecule has 2 rings (SSSR count). The molecular formula is C19H26ClN3O3S. The lowest BCUT2D eigenvalue weighted by Gasteiger charge is -2.24. The van der Waals surface area contributed by atoms with E-state index >= 15 is 0 Å². The number of hydrogen-bond acceptors (Lipinski definition) is 4. The van der Waals surface area contributed by atoms with Crippen LogP contribution in [0.25, 0.3) is 0 Å². The molecule has 0 unspecified atom stereocenters. The van der Waals surface area contributed by atoms with Gasteiger partial charge in [-0.2, -0.15) is 0 Å². The third-order valence-electron chi connectivity index (χ3n) is 3.90. The van der Waals surface area contributed by atoms with Crippen molar-refractivity contribution < 1.29 is 13.2 Å². The summed E-state index contributed by atoms with van der Waals surface area (Å²) < 4.78 is 27.5. The Morgan fingerprint density at radius 1 is 1.07 bits per heavy atom. The summed E-state index contributed by atoms with van der Waals surface area (Å²) in [6, 6.07) is 15.5. The first-order valence-electron chi connectivity index (χ1n) is 8.56. The van der Waals surface area contributed by atoms with Crippen LogP contribution in [0.1, 0.15) is 18.4 Å². The van der Waals surface area contributed by atoms with Crippen LogP contribution in [-0.4, -0.2) is 34.0 Å². The van der Waals surface area contributed by atoms with Crippen molar-refractivity contribution in [1.82, 2.24) is 5.32 Å². The molecule has 2 aromatic rings. The second-order valence-electron chi connectivity index (χ2n) is 5.97. The van der Waals surface area contributed by atoms with Crippen LogP contribution in [0, 0.1) is 6.92 Å². The van der Waals surface area contributed by atoms with E-state index in [1.165, 1.54) is 4.31 Å². The van der Waals surface area contributed by atoms with Crippen LogP contribution in [0.3, 0.4) is 0 Å². The molecule has 8 heteroatoms. The molecule has 6 nitrogen and oxygen atoms in total. The van der Waals surface area contributed by atoms with Crippen LogP contribution >= 0.6 is 12.4 Å². The fourth-order valence-electron chi connectivity index (χ4n) is 2.44. The first kappa shape index (κ1) is 23.0. The van der Waals surface area contributed by atoms with Crippen molar-refractivity contribution in [3.8, 4) is 0 Å². The molecule has 0 fully saturated rings. The number of para-hydroxylation sites is 1. The molecule has 0 saturated heterocycles. The third-order valence-corrected chi connectivity index (χ3v) is 5.74. The number of nitrogens with one attached hydrogen (secondary N) is 1. The van der Waals surface area contributed by atoms with E-state index in [-0.39, 0.29) is 36.2 Å². The van der Waals surface area contributed by atoms with Crippen molar-refractivity contribution in [2.75, 3.05) is 23.9 Å². The zero-order chi connectivity index (χ0) is 19.0. The molecule has 0 aliphatic rings. The van der Waals surface area contributed by atoms with Gasteiger partial charge >= 0.3 is 0 Å². The molecular weight excluding hydrogens is 386 g/mol. The SMILES string of the molecule is Cc1ccc(S(=O)(=O)N(CCC(=O)NCCCN)c2ccccc2)cc1.Cl. The summed E-state index contributed by atoms with van der Waals surface area (Å²) in [6.07, 6.45) is 0.764. The van der Waals surface area contributed by atoms with Gasteiger partial charge in [-0.25, -0.2) is 8.42 Å². The predicted molar refractivity (Wildman–Crippen MR) is 111 cm³/mol. The van der Waals surface area contributed by atoms with Gasteiger partial charge in [-0.3, -0.25) is 9.10 Å². The molecule has 0 bridgehead atoms. The Labute approximate surface area is 167 Å². The Kier molecular flexibility index (Phi) is 9.28. The number of hydrogen-bond donors (Lipinski definition) is 2.